The molecule has 1 amide bonds. The van der Waals surface area contributed by atoms with Crippen LogP contribution in [0.4, 0.5) is 13.2 Å². The maximum Gasteiger partial charge on any atom is 0.416 e. The van der Waals surface area contributed by atoms with Gasteiger partial charge in [-0.3, -0.25) is 9.36 Å². The van der Waals surface area contributed by atoms with Crippen molar-refractivity contribution in [3.05, 3.63) is 66.0 Å². The summed E-state index contributed by atoms with van der Waals surface area (Å²) in [5.74, 6) is -0.260. The van der Waals surface area contributed by atoms with Gasteiger partial charge in [-0.15, -0.1) is 0 Å². The van der Waals surface area contributed by atoms with E-state index < -0.39 is 11.7 Å². The number of rotatable bonds is 3. The van der Waals surface area contributed by atoms with E-state index in [1.54, 1.807) is 9.47 Å². The monoisotopic (exact) mass is 401 g/mol. The average molecular weight is 401 g/mol. The summed E-state index contributed by atoms with van der Waals surface area (Å²) in [5.41, 5.74) is 0.959. The van der Waals surface area contributed by atoms with Crippen LogP contribution in [0.25, 0.3) is 22.8 Å². The number of ether oxygens (including phenoxy) is 1. The second-order valence-electron chi connectivity index (χ2n) is 6.65. The summed E-state index contributed by atoms with van der Waals surface area (Å²) in [5, 5.41) is 0. The van der Waals surface area contributed by atoms with Crippen molar-refractivity contribution in [1.29, 1.82) is 0 Å². The minimum absolute atomic E-state index is 0.210. The van der Waals surface area contributed by atoms with E-state index in [9.17, 15) is 18.0 Å². The molecule has 2 aromatic carbocycles. The molecule has 29 heavy (non-hydrogen) atoms. The number of carbonyl (C=O) groups is 1. The van der Waals surface area contributed by atoms with Gasteiger partial charge in [-0.1, -0.05) is 18.2 Å². The molecule has 2 heterocycles. The molecule has 0 radical (unpaired) electrons. The van der Waals surface area contributed by atoms with Gasteiger partial charge in [-0.2, -0.15) is 13.2 Å². The lowest BCUT2D eigenvalue weighted by Gasteiger charge is -2.25. The quantitative estimate of drug-likeness (QED) is 0.625. The Hall–Kier alpha value is -3.13. The predicted molar refractivity (Wildman–Crippen MR) is 103 cm³/mol. The molecular formula is C21H18F3N3O2. The number of carbonyl (C=O) groups excluding carboxylic acids is 1. The second kappa shape index (κ2) is 7.71. The number of para-hydroxylation sites is 1. The summed E-state index contributed by atoms with van der Waals surface area (Å²) in [6, 6.07) is 11.3. The Morgan fingerprint density at radius 1 is 1.10 bits per heavy atom. The Morgan fingerprint density at radius 2 is 1.83 bits per heavy atom. The lowest BCUT2D eigenvalue weighted by molar-refractivity contribution is -0.137. The Balaban J connectivity index is 1.80. The van der Waals surface area contributed by atoms with Crippen LogP contribution in [0.3, 0.4) is 0 Å². The number of alkyl halides is 3. The summed E-state index contributed by atoms with van der Waals surface area (Å²) in [6.07, 6.45) is -0.290. The van der Waals surface area contributed by atoms with Crippen molar-refractivity contribution >= 4 is 23.0 Å². The Labute approximate surface area is 165 Å². The molecule has 0 aliphatic carbocycles. The fraction of sp³-hybridized carbons (Fsp3) is 0.238. The zero-order chi connectivity index (χ0) is 20.4. The van der Waals surface area contributed by atoms with E-state index in [1.165, 1.54) is 18.5 Å². The number of hydrogen-bond donors (Lipinski definition) is 0. The summed E-state index contributed by atoms with van der Waals surface area (Å²) in [6.45, 7) is 1.83. The largest absolute Gasteiger partial charge is 0.416 e. The number of benzene rings is 2. The van der Waals surface area contributed by atoms with Crippen LogP contribution in [0.1, 0.15) is 11.1 Å². The molecule has 1 saturated heterocycles. The molecule has 1 aliphatic rings. The lowest BCUT2D eigenvalue weighted by atomic mass is 10.1. The van der Waals surface area contributed by atoms with Crippen molar-refractivity contribution in [1.82, 2.24) is 14.5 Å². The van der Waals surface area contributed by atoms with E-state index in [1.807, 2.05) is 30.3 Å². The van der Waals surface area contributed by atoms with Gasteiger partial charge in [0.2, 0.25) is 5.91 Å². The highest BCUT2D eigenvalue weighted by Crippen LogP contribution is 2.34. The van der Waals surface area contributed by atoms with Crippen molar-refractivity contribution < 1.29 is 22.7 Å². The number of fused-ring (bicyclic) bond motifs is 1. The van der Waals surface area contributed by atoms with E-state index in [-0.39, 0.29) is 17.0 Å². The van der Waals surface area contributed by atoms with Gasteiger partial charge in [0.05, 0.1) is 29.8 Å². The molecule has 0 saturated carbocycles. The van der Waals surface area contributed by atoms with Crippen molar-refractivity contribution in [2.75, 3.05) is 26.3 Å². The fourth-order valence-electron chi connectivity index (χ4n) is 3.30. The summed E-state index contributed by atoms with van der Waals surface area (Å²) < 4.78 is 47.0. The minimum atomic E-state index is -4.51. The van der Waals surface area contributed by atoms with Gasteiger partial charge < -0.3 is 9.64 Å². The third-order valence-electron chi connectivity index (χ3n) is 4.76. The summed E-state index contributed by atoms with van der Waals surface area (Å²) >= 11 is 0. The van der Waals surface area contributed by atoms with Gasteiger partial charge in [0, 0.05) is 30.4 Å². The van der Waals surface area contributed by atoms with Gasteiger partial charge in [0.25, 0.3) is 0 Å². The third kappa shape index (κ3) is 4.02. The van der Waals surface area contributed by atoms with Gasteiger partial charge in [0.1, 0.15) is 6.33 Å². The molecule has 1 aromatic heterocycles. The molecule has 0 unspecified atom stereocenters. The van der Waals surface area contributed by atoms with Crippen LogP contribution in [0.5, 0.6) is 0 Å². The van der Waals surface area contributed by atoms with Crippen LogP contribution >= 0.6 is 0 Å². The predicted octanol–water partition coefficient (Wildman–Crippen LogP) is 3.92. The number of aromatic nitrogens is 2. The second-order valence-corrected chi connectivity index (χ2v) is 6.65. The first-order valence-electron chi connectivity index (χ1n) is 9.12. The molecule has 4 rings (SSSR count). The zero-order valence-corrected chi connectivity index (χ0v) is 15.4. The molecule has 0 spiro atoms. The molecule has 3 aromatic rings. The summed E-state index contributed by atoms with van der Waals surface area (Å²) in [4.78, 5) is 18.2. The van der Waals surface area contributed by atoms with Gasteiger partial charge in [-0.25, -0.2) is 4.98 Å². The topological polar surface area (TPSA) is 47.4 Å². The van der Waals surface area contributed by atoms with Gasteiger partial charge in [-0.05, 0) is 30.3 Å². The van der Waals surface area contributed by atoms with Crippen molar-refractivity contribution in [2.24, 2.45) is 0 Å². The first-order valence-corrected chi connectivity index (χ1v) is 9.12. The lowest BCUT2D eigenvalue weighted by Crippen LogP contribution is -2.39. The van der Waals surface area contributed by atoms with Crippen molar-refractivity contribution in [3.8, 4) is 5.69 Å². The van der Waals surface area contributed by atoms with Crippen molar-refractivity contribution in [3.63, 3.8) is 0 Å². The van der Waals surface area contributed by atoms with Crippen LogP contribution in [0, 0.1) is 0 Å². The Kier molecular flexibility index (Phi) is 5.10. The number of halogens is 3. The standard InChI is InChI=1S/C21H18F3N3O2/c22-21(23,24)16-12-15(6-7-19(28)26-8-10-29-11-9-26)20-18(13-16)25-14-27(20)17-4-2-1-3-5-17/h1-7,12-14H,8-11H2/b7-6-. The first kappa shape index (κ1) is 19.2. The molecule has 0 atom stereocenters. The van der Waals surface area contributed by atoms with Gasteiger partial charge in [0.15, 0.2) is 0 Å². The SMILES string of the molecule is O=C(/C=C\c1cc(C(F)(F)F)cc2ncn(-c3ccccc3)c12)N1CCOCC1. The highest BCUT2D eigenvalue weighted by molar-refractivity contribution is 5.95. The number of morpholine rings is 1. The molecule has 8 heteroatoms. The molecular weight excluding hydrogens is 383 g/mol. The normalized spacial score (nSPS) is 15.3. The number of imidazole rings is 1. The van der Waals surface area contributed by atoms with E-state index in [0.717, 1.165) is 17.8 Å². The van der Waals surface area contributed by atoms with E-state index in [2.05, 4.69) is 4.98 Å². The van der Waals surface area contributed by atoms with E-state index in [0.29, 0.717) is 31.8 Å². The molecule has 1 fully saturated rings. The maximum absolute atomic E-state index is 13.4. The van der Waals surface area contributed by atoms with E-state index in [4.69, 9.17) is 4.74 Å². The Morgan fingerprint density at radius 3 is 2.52 bits per heavy atom. The van der Waals surface area contributed by atoms with E-state index >= 15 is 0 Å². The highest BCUT2D eigenvalue weighted by Gasteiger charge is 2.32. The minimum Gasteiger partial charge on any atom is -0.378 e. The summed E-state index contributed by atoms with van der Waals surface area (Å²) in [7, 11) is 0. The first-order chi connectivity index (χ1) is 13.9. The highest BCUT2D eigenvalue weighted by atomic mass is 19.4. The smallest absolute Gasteiger partial charge is 0.378 e. The maximum atomic E-state index is 13.4. The van der Waals surface area contributed by atoms with Crippen LogP contribution in [0.2, 0.25) is 0 Å². The van der Waals surface area contributed by atoms with Crippen LogP contribution < -0.4 is 0 Å². The fourth-order valence-corrected chi connectivity index (χ4v) is 3.30. The molecule has 150 valence electrons. The van der Waals surface area contributed by atoms with Crippen molar-refractivity contribution in [2.45, 2.75) is 6.18 Å². The number of hydrogen-bond acceptors (Lipinski definition) is 3. The number of nitrogens with zero attached hydrogens (tertiary/aromatic N) is 3. The van der Waals surface area contributed by atoms with Crippen LogP contribution in [-0.2, 0) is 15.7 Å². The van der Waals surface area contributed by atoms with Crippen LogP contribution in [0.15, 0.2) is 54.9 Å². The molecule has 1 aliphatic heterocycles. The number of amides is 1. The Bertz CT molecular complexity index is 1050. The van der Waals surface area contributed by atoms with Crippen LogP contribution in [-0.4, -0.2) is 46.7 Å². The average Bonchev–Trinajstić information content (AvgIpc) is 3.17. The third-order valence-corrected chi connectivity index (χ3v) is 4.76. The molecule has 5 nitrogen and oxygen atoms in total. The van der Waals surface area contributed by atoms with Gasteiger partial charge >= 0.3 is 6.18 Å². The molecule has 0 N–H and O–H groups in total. The molecule has 0 bridgehead atoms. The zero-order valence-electron chi connectivity index (χ0n) is 15.4.